The van der Waals surface area contributed by atoms with Gasteiger partial charge in [-0.25, -0.2) is 4.57 Å². The molecule has 132 valence electrons. The highest BCUT2D eigenvalue weighted by molar-refractivity contribution is 6.10. The van der Waals surface area contributed by atoms with Gasteiger partial charge >= 0.3 is 0 Å². The van der Waals surface area contributed by atoms with Crippen molar-refractivity contribution in [3.05, 3.63) is 70.9 Å². The molecule has 0 saturated heterocycles. The maximum Gasteiger partial charge on any atom is 0.286 e. The van der Waals surface area contributed by atoms with Crippen LogP contribution in [0.25, 0.3) is 27.6 Å². The van der Waals surface area contributed by atoms with E-state index in [2.05, 4.69) is 99.5 Å². The van der Waals surface area contributed by atoms with Gasteiger partial charge in [0.1, 0.15) is 11.0 Å². The van der Waals surface area contributed by atoms with E-state index in [0.29, 0.717) is 5.92 Å². The molecule has 0 atom stereocenters. The Labute approximate surface area is 155 Å². The van der Waals surface area contributed by atoms with E-state index in [0.717, 1.165) is 0 Å². The molecule has 2 aromatic heterocycles. The minimum Gasteiger partial charge on any atom is -0.236 e. The Kier molecular flexibility index (Phi) is 3.87. The van der Waals surface area contributed by atoms with Gasteiger partial charge in [0.25, 0.3) is 5.82 Å². The second-order valence-corrected chi connectivity index (χ2v) is 7.86. The van der Waals surface area contributed by atoms with Crippen molar-refractivity contribution in [1.29, 1.82) is 0 Å². The molecule has 2 nitrogen and oxygen atoms in total. The van der Waals surface area contributed by atoms with Gasteiger partial charge in [0.15, 0.2) is 0 Å². The molecular formula is C24H27N2+. The van der Waals surface area contributed by atoms with Crippen molar-refractivity contribution < 1.29 is 4.57 Å². The molecule has 2 aromatic carbocycles. The zero-order valence-electron chi connectivity index (χ0n) is 16.6. The molecule has 4 aromatic rings. The molecule has 0 N–H and O–H groups in total. The maximum atomic E-state index is 2.44. The first kappa shape index (κ1) is 16.8. The van der Waals surface area contributed by atoms with E-state index in [1.807, 2.05) is 0 Å². The minimum absolute atomic E-state index is 0.513. The van der Waals surface area contributed by atoms with Gasteiger partial charge < -0.3 is 0 Å². The predicted octanol–water partition coefficient (Wildman–Crippen LogP) is 5.66. The Hall–Kier alpha value is -2.61. The number of fused-ring (bicyclic) bond motifs is 3. The third kappa shape index (κ3) is 2.44. The highest BCUT2D eigenvalue weighted by Crippen LogP contribution is 2.36. The number of aryl methyl sites for hydroxylation is 4. The lowest BCUT2D eigenvalue weighted by atomic mass is 9.95. The largest absolute Gasteiger partial charge is 0.286 e. The van der Waals surface area contributed by atoms with Gasteiger partial charge in [0.05, 0.1) is 13.2 Å². The summed E-state index contributed by atoms with van der Waals surface area (Å²) in [5, 5.41) is 2.67. The lowest BCUT2D eigenvalue weighted by Crippen LogP contribution is -2.33. The van der Waals surface area contributed by atoms with Crippen molar-refractivity contribution in [3.63, 3.8) is 0 Å². The molecule has 0 radical (unpaired) electrons. The lowest BCUT2D eigenvalue weighted by Gasteiger charge is -2.11. The number of benzene rings is 2. The van der Waals surface area contributed by atoms with Crippen LogP contribution in [-0.4, -0.2) is 4.57 Å². The Balaban J connectivity index is 2.23. The van der Waals surface area contributed by atoms with Crippen LogP contribution in [0.15, 0.2) is 48.7 Å². The summed E-state index contributed by atoms with van der Waals surface area (Å²) in [5.74, 6) is 1.71. The SMILES string of the molecule is Cc1ccc2c(c1)c1ccc(C(C)C)c(C)c1n2-c1ccc(C)c[n+]1C. The zero-order valence-corrected chi connectivity index (χ0v) is 16.6. The molecule has 0 amide bonds. The third-order valence-electron chi connectivity index (χ3n) is 5.48. The number of rotatable bonds is 2. The van der Waals surface area contributed by atoms with Crippen LogP contribution in [0.4, 0.5) is 0 Å². The van der Waals surface area contributed by atoms with Gasteiger partial charge in [-0.3, -0.25) is 0 Å². The Bertz CT molecular complexity index is 1150. The Morgan fingerprint density at radius 2 is 1.58 bits per heavy atom. The number of hydrogen-bond acceptors (Lipinski definition) is 0. The van der Waals surface area contributed by atoms with Gasteiger partial charge in [-0.2, -0.15) is 4.57 Å². The lowest BCUT2D eigenvalue weighted by molar-refractivity contribution is -0.665. The van der Waals surface area contributed by atoms with Crippen LogP contribution < -0.4 is 4.57 Å². The van der Waals surface area contributed by atoms with Crippen LogP contribution in [0.5, 0.6) is 0 Å². The first-order chi connectivity index (χ1) is 12.4. The van der Waals surface area contributed by atoms with Gasteiger partial charge in [-0.1, -0.05) is 31.5 Å². The summed E-state index contributed by atoms with van der Waals surface area (Å²) in [6, 6.07) is 15.8. The standard InChI is InChI=1S/C24H27N2/c1-15(2)19-9-10-20-21-13-16(3)7-11-22(21)26(24(20)18(19)5)23-12-8-17(4)14-25(23)6/h7-15H,1-6H3/q+1. The molecule has 2 heterocycles. The highest BCUT2D eigenvalue weighted by Gasteiger charge is 2.24. The van der Waals surface area contributed by atoms with Crippen molar-refractivity contribution >= 4 is 21.8 Å². The molecule has 0 aliphatic carbocycles. The van der Waals surface area contributed by atoms with E-state index < -0.39 is 0 Å². The summed E-state index contributed by atoms with van der Waals surface area (Å²) in [4.78, 5) is 0. The zero-order chi connectivity index (χ0) is 18.6. The van der Waals surface area contributed by atoms with Crippen LogP contribution in [0, 0.1) is 20.8 Å². The topological polar surface area (TPSA) is 8.81 Å². The fourth-order valence-electron chi connectivity index (χ4n) is 4.24. The Morgan fingerprint density at radius 3 is 2.27 bits per heavy atom. The van der Waals surface area contributed by atoms with Gasteiger partial charge in [0.2, 0.25) is 0 Å². The molecule has 0 spiro atoms. The van der Waals surface area contributed by atoms with E-state index in [-0.39, 0.29) is 0 Å². The first-order valence-electron chi connectivity index (χ1n) is 9.39. The fourth-order valence-corrected chi connectivity index (χ4v) is 4.24. The number of aromatic nitrogens is 2. The third-order valence-corrected chi connectivity index (χ3v) is 5.48. The smallest absolute Gasteiger partial charge is 0.236 e. The predicted molar refractivity (Wildman–Crippen MR) is 110 cm³/mol. The molecule has 0 fully saturated rings. The second kappa shape index (κ2) is 5.98. The van der Waals surface area contributed by atoms with Crippen molar-refractivity contribution in [3.8, 4) is 5.82 Å². The van der Waals surface area contributed by atoms with E-state index >= 15 is 0 Å². The van der Waals surface area contributed by atoms with Crippen LogP contribution in [0.1, 0.15) is 42.0 Å². The second-order valence-electron chi connectivity index (χ2n) is 7.86. The van der Waals surface area contributed by atoms with Crippen molar-refractivity contribution in [2.24, 2.45) is 7.05 Å². The number of pyridine rings is 1. The van der Waals surface area contributed by atoms with Crippen LogP contribution in [0.2, 0.25) is 0 Å². The normalized spacial score (nSPS) is 11.8. The van der Waals surface area contributed by atoms with Gasteiger partial charge in [-0.15, -0.1) is 0 Å². The molecule has 2 heteroatoms. The van der Waals surface area contributed by atoms with E-state index in [1.165, 1.54) is 49.9 Å². The minimum atomic E-state index is 0.513. The van der Waals surface area contributed by atoms with Gasteiger partial charge in [0, 0.05) is 22.4 Å². The Morgan fingerprint density at radius 1 is 0.846 bits per heavy atom. The van der Waals surface area contributed by atoms with Crippen LogP contribution in [-0.2, 0) is 7.05 Å². The number of nitrogens with zero attached hydrogens (tertiary/aromatic N) is 2. The molecular weight excluding hydrogens is 316 g/mol. The monoisotopic (exact) mass is 343 g/mol. The molecule has 0 saturated carbocycles. The fraction of sp³-hybridized carbons (Fsp3) is 0.292. The average Bonchev–Trinajstić information content (AvgIpc) is 2.89. The van der Waals surface area contributed by atoms with Gasteiger partial charge in [-0.05, 0) is 62.1 Å². The summed E-state index contributed by atoms with van der Waals surface area (Å²) < 4.78 is 4.67. The average molecular weight is 343 g/mol. The van der Waals surface area contributed by atoms with Crippen molar-refractivity contribution in [2.45, 2.75) is 40.5 Å². The molecule has 26 heavy (non-hydrogen) atoms. The molecule has 0 bridgehead atoms. The molecule has 0 aliphatic heterocycles. The van der Waals surface area contributed by atoms with E-state index in [9.17, 15) is 0 Å². The maximum absolute atomic E-state index is 2.44. The molecule has 0 aliphatic rings. The quantitative estimate of drug-likeness (QED) is 0.415. The van der Waals surface area contributed by atoms with Crippen molar-refractivity contribution in [2.75, 3.05) is 0 Å². The molecule has 4 rings (SSSR count). The summed E-state index contributed by atoms with van der Waals surface area (Å²) in [6.07, 6.45) is 2.20. The van der Waals surface area contributed by atoms with E-state index in [1.54, 1.807) is 0 Å². The van der Waals surface area contributed by atoms with E-state index in [4.69, 9.17) is 0 Å². The summed E-state index contributed by atoms with van der Waals surface area (Å²) >= 11 is 0. The molecule has 0 unspecified atom stereocenters. The van der Waals surface area contributed by atoms with Crippen LogP contribution >= 0.6 is 0 Å². The van der Waals surface area contributed by atoms with Crippen molar-refractivity contribution in [1.82, 2.24) is 4.57 Å². The summed E-state index contributed by atoms with van der Waals surface area (Å²) in [6.45, 7) is 11.1. The first-order valence-corrected chi connectivity index (χ1v) is 9.39. The highest BCUT2D eigenvalue weighted by atomic mass is 15.1. The summed E-state index contributed by atoms with van der Waals surface area (Å²) in [5.41, 5.74) is 7.98. The summed E-state index contributed by atoms with van der Waals surface area (Å²) in [7, 11) is 2.13. The van der Waals surface area contributed by atoms with Crippen LogP contribution in [0.3, 0.4) is 0 Å². The number of hydrogen-bond donors (Lipinski definition) is 0.